The van der Waals surface area contributed by atoms with Gasteiger partial charge in [0.05, 0.1) is 33.7 Å². The second kappa shape index (κ2) is 12.8. The van der Waals surface area contributed by atoms with Crippen LogP contribution in [0.3, 0.4) is 0 Å². The van der Waals surface area contributed by atoms with Crippen molar-refractivity contribution in [3.05, 3.63) is 64.6 Å². The van der Waals surface area contributed by atoms with Crippen LogP contribution >= 0.6 is 11.6 Å². The van der Waals surface area contributed by atoms with Gasteiger partial charge in [0.25, 0.3) is 5.91 Å². The number of carboxylic acids is 1. The lowest BCUT2D eigenvalue weighted by Crippen LogP contribution is -2.52. The molecule has 5 rings (SSSR count). The van der Waals surface area contributed by atoms with Gasteiger partial charge in [-0.3, -0.25) is 19.3 Å². The third-order valence-corrected chi connectivity index (χ3v) is 9.34. The molecule has 2 aromatic carbocycles. The molecule has 0 radical (unpaired) electrons. The minimum atomic E-state index is -0.964. The van der Waals surface area contributed by atoms with E-state index in [1.807, 2.05) is 49.7 Å². The van der Waals surface area contributed by atoms with Crippen molar-refractivity contribution in [3.63, 3.8) is 0 Å². The van der Waals surface area contributed by atoms with Crippen LogP contribution < -0.4 is 5.32 Å². The number of para-hydroxylation sites is 1. The summed E-state index contributed by atoms with van der Waals surface area (Å²) >= 11 is 6.51. The molecule has 1 amide bonds. The molecule has 43 heavy (non-hydrogen) atoms. The highest BCUT2D eigenvalue weighted by Crippen LogP contribution is 2.36. The molecule has 2 N–H and O–H groups in total. The molecule has 1 aliphatic heterocycles. The number of hydrogen-bond acceptors (Lipinski definition) is 5. The minimum absolute atomic E-state index is 0.128. The van der Waals surface area contributed by atoms with Gasteiger partial charge in [0.2, 0.25) is 0 Å². The van der Waals surface area contributed by atoms with E-state index in [0.29, 0.717) is 31.2 Å². The fourth-order valence-electron chi connectivity index (χ4n) is 6.39. The summed E-state index contributed by atoms with van der Waals surface area (Å²) in [5.74, 6) is -2.36. The van der Waals surface area contributed by atoms with Crippen LogP contribution in [0.4, 0.5) is 10.1 Å². The highest BCUT2D eigenvalue weighted by Gasteiger charge is 2.43. The van der Waals surface area contributed by atoms with Gasteiger partial charge < -0.3 is 19.7 Å². The molecular formula is C33H39ClFN3O5. The topological polar surface area (TPSA) is 101 Å². The third kappa shape index (κ3) is 6.64. The summed E-state index contributed by atoms with van der Waals surface area (Å²) in [6.07, 6.45) is 5.26. The number of ketones is 1. The third-order valence-electron chi connectivity index (χ3n) is 9.03. The molecular weight excluding hydrogens is 573 g/mol. The minimum Gasteiger partial charge on any atom is -0.481 e. The van der Waals surface area contributed by atoms with Gasteiger partial charge in [-0.05, 0) is 76.1 Å². The second-order valence-corrected chi connectivity index (χ2v) is 12.8. The molecule has 230 valence electrons. The average Bonchev–Trinajstić information content (AvgIpc) is 3.63. The number of anilines is 1. The second-order valence-electron chi connectivity index (χ2n) is 12.4. The van der Waals surface area contributed by atoms with Gasteiger partial charge in [-0.25, -0.2) is 4.39 Å². The van der Waals surface area contributed by atoms with Gasteiger partial charge in [0.15, 0.2) is 0 Å². The normalized spacial score (nSPS) is 20.3. The Hall–Kier alpha value is -3.27. The van der Waals surface area contributed by atoms with E-state index >= 15 is 4.39 Å². The number of hydrogen-bond donors (Lipinski definition) is 2. The number of amides is 1. The van der Waals surface area contributed by atoms with Crippen LogP contribution in [0.5, 0.6) is 0 Å². The Labute approximate surface area is 256 Å². The highest BCUT2D eigenvalue weighted by atomic mass is 35.5. The fourth-order valence-corrected chi connectivity index (χ4v) is 6.62. The summed E-state index contributed by atoms with van der Waals surface area (Å²) in [5.41, 5.74) is 0.649. The van der Waals surface area contributed by atoms with Crippen molar-refractivity contribution in [2.24, 2.45) is 18.4 Å². The number of ether oxygens (including phenoxy) is 1. The van der Waals surface area contributed by atoms with Crippen molar-refractivity contribution >= 4 is 45.9 Å². The molecule has 2 heterocycles. The standard InChI is InChI=1S/C33H39ClFN3O5/c1-33(2,32(38-14-6-7-15-38)43-22-12-10-20(11-13-22)31(41)42)29(39)17-21-16-25(34)27(18-26(21)35)36-30(40)24-19-37(3)28-9-5-4-8-23(24)28/h4-5,8-9,16,18-20,22,32H,6-7,10-15,17H2,1-3H3,(H,36,40)(H,41,42)/t20-,22-,32?. The summed E-state index contributed by atoms with van der Waals surface area (Å²) in [7, 11) is 1.85. The lowest BCUT2D eigenvalue weighted by Gasteiger charge is -2.42. The number of aryl methyl sites for hydroxylation is 1. The molecule has 0 spiro atoms. The average molecular weight is 612 g/mol. The molecule has 3 aromatic rings. The first kappa shape index (κ1) is 31.2. The molecule has 2 fully saturated rings. The van der Waals surface area contributed by atoms with Crippen LogP contribution in [0.15, 0.2) is 42.6 Å². The van der Waals surface area contributed by atoms with Crippen LogP contribution in [0.1, 0.15) is 68.3 Å². The van der Waals surface area contributed by atoms with Crippen LogP contribution in [0, 0.1) is 17.2 Å². The Balaban J connectivity index is 1.30. The molecule has 1 aliphatic carbocycles. The van der Waals surface area contributed by atoms with Crippen molar-refractivity contribution in [1.29, 1.82) is 0 Å². The first-order valence-electron chi connectivity index (χ1n) is 14.9. The van der Waals surface area contributed by atoms with Gasteiger partial charge in [0, 0.05) is 43.7 Å². The lowest BCUT2D eigenvalue weighted by atomic mass is 9.81. The smallest absolute Gasteiger partial charge is 0.306 e. The zero-order valence-electron chi connectivity index (χ0n) is 24.9. The Kier molecular flexibility index (Phi) is 9.25. The van der Waals surface area contributed by atoms with E-state index < -0.39 is 29.3 Å². The maximum absolute atomic E-state index is 15.4. The number of halogens is 2. The molecule has 0 bridgehead atoms. The monoisotopic (exact) mass is 611 g/mol. The zero-order chi connectivity index (χ0) is 30.9. The lowest BCUT2D eigenvalue weighted by molar-refractivity contribution is -0.172. The number of Topliss-reactive ketones (excluding diaryl/α,β-unsaturated/α-hetero) is 1. The van der Waals surface area contributed by atoms with Crippen molar-refractivity contribution in [3.8, 4) is 0 Å². The molecule has 1 atom stereocenters. The maximum atomic E-state index is 15.4. The Morgan fingerprint density at radius 2 is 1.79 bits per heavy atom. The van der Waals surface area contributed by atoms with Gasteiger partial charge in [0.1, 0.15) is 17.8 Å². The number of carboxylic acid groups (broad SMARTS) is 1. The number of benzene rings is 2. The van der Waals surface area contributed by atoms with Crippen molar-refractivity contribution in [2.75, 3.05) is 18.4 Å². The number of carbonyl (C=O) groups excluding carboxylic acids is 2. The first-order valence-corrected chi connectivity index (χ1v) is 15.3. The molecule has 1 aromatic heterocycles. The van der Waals surface area contributed by atoms with Crippen LogP contribution in [-0.2, 0) is 27.8 Å². The number of fused-ring (bicyclic) bond motifs is 1. The Bertz CT molecular complexity index is 1520. The quantitative estimate of drug-likeness (QED) is 0.274. The number of nitrogens with zero attached hydrogens (tertiary/aromatic N) is 2. The number of likely N-dealkylation sites (tertiary alicyclic amines) is 1. The number of carbonyl (C=O) groups is 3. The Morgan fingerprint density at radius 1 is 1.12 bits per heavy atom. The summed E-state index contributed by atoms with van der Waals surface area (Å²) in [4.78, 5) is 40.5. The van der Waals surface area contributed by atoms with E-state index in [1.165, 1.54) is 6.07 Å². The molecule has 2 aliphatic rings. The fraction of sp³-hybridized carbons (Fsp3) is 0.485. The van der Waals surface area contributed by atoms with Gasteiger partial charge in [-0.1, -0.05) is 29.8 Å². The van der Waals surface area contributed by atoms with Gasteiger partial charge >= 0.3 is 5.97 Å². The SMILES string of the molecule is Cn1cc(C(=O)Nc2cc(F)c(CC(=O)C(C)(C)C(O[C@H]3CC[C@H](C(=O)O)CC3)N3CCCC3)cc2Cl)c2ccccc21. The summed E-state index contributed by atoms with van der Waals surface area (Å²) in [6.45, 7) is 5.27. The number of rotatable bonds is 10. The van der Waals surface area contributed by atoms with Gasteiger partial charge in [-0.15, -0.1) is 0 Å². The van der Waals surface area contributed by atoms with Crippen LogP contribution in [0.25, 0.3) is 10.9 Å². The molecule has 1 saturated heterocycles. The number of aromatic nitrogens is 1. The maximum Gasteiger partial charge on any atom is 0.306 e. The van der Waals surface area contributed by atoms with Crippen molar-refractivity contribution in [2.45, 2.75) is 71.1 Å². The van der Waals surface area contributed by atoms with Crippen molar-refractivity contribution in [1.82, 2.24) is 9.47 Å². The Morgan fingerprint density at radius 3 is 2.47 bits per heavy atom. The summed E-state index contributed by atoms with van der Waals surface area (Å²) < 4.78 is 23.8. The van der Waals surface area contributed by atoms with E-state index in [2.05, 4.69) is 10.2 Å². The zero-order valence-corrected chi connectivity index (χ0v) is 25.6. The largest absolute Gasteiger partial charge is 0.481 e. The summed E-state index contributed by atoms with van der Waals surface area (Å²) in [5, 5.41) is 13.0. The van der Waals surface area contributed by atoms with E-state index in [0.717, 1.165) is 42.9 Å². The van der Waals surface area contributed by atoms with E-state index in [4.69, 9.17) is 16.3 Å². The van der Waals surface area contributed by atoms with E-state index in [-0.39, 0.29) is 40.5 Å². The molecule has 1 saturated carbocycles. The van der Waals surface area contributed by atoms with Crippen LogP contribution in [-0.4, -0.2) is 57.7 Å². The van der Waals surface area contributed by atoms with E-state index in [9.17, 15) is 19.5 Å². The molecule has 1 unspecified atom stereocenters. The number of aliphatic carboxylic acids is 1. The first-order chi connectivity index (χ1) is 20.5. The number of nitrogens with one attached hydrogen (secondary N) is 1. The predicted octanol–water partition coefficient (Wildman–Crippen LogP) is 6.44. The van der Waals surface area contributed by atoms with Crippen LogP contribution in [0.2, 0.25) is 5.02 Å². The summed E-state index contributed by atoms with van der Waals surface area (Å²) in [6, 6.07) is 10.1. The van der Waals surface area contributed by atoms with Gasteiger partial charge in [-0.2, -0.15) is 0 Å². The van der Waals surface area contributed by atoms with Crippen molar-refractivity contribution < 1.29 is 28.6 Å². The highest BCUT2D eigenvalue weighted by molar-refractivity contribution is 6.34. The van der Waals surface area contributed by atoms with E-state index in [1.54, 1.807) is 6.20 Å². The molecule has 8 nitrogen and oxygen atoms in total. The molecule has 10 heteroatoms. The predicted molar refractivity (Wildman–Crippen MR) is 164 cm³/mol.